The quantitative estimate of drug-likeness (QED) is 0.0729. The van der Waals surface area contributed by atoms with Gasteiger partial charge in [-0.25, -0.2) is 29.3 Å². The molecule has 0 aliphatic heterocycles. The molecule has 0 bridgehead atoms. The number of pyridine rings is 4. The van der Waals surface area contributed by atoms with Gasteiger partial charge in [-0.05, 0) is 204 Å². The third-order valence-electron chi connectivity index (χ3n) is 16.4. The van der Waals surface area contributed by atoms with E-state index < -0.39 is 0 Å². The molecule has 0 aliphatic carbocycles. The SMILES string of the molecule is Nc1ccc(-c2ccccc2)cc1.Nc1ccc2ncoc2c1.Nc1ccc2ncsc2c1.Nc1cccc(-c2ccccn2)c1.Nc1cccc(-c2cccnc2)c1.Nc1cccc(-c2ccncc2)c1.Nc1cncc(Cl)c1.Nc1nc2ccc(Cl)cc2s1.Nc1nc2ccc(F)cc2s1.Nc1nc2ccccc2o1.Nc1nc2ccccc2s1. The molecule has 21 aromatic rings. The number of thiazole rings is 4. The van der Waals surface area contributed by atoms with Gasteiger partial charge in [-0.3, -0.25) is 19.9 Å². The highest BCUT2D eigenvalue weighted by atomic mass is 35.5. The molecule has 0 atom stereocenters. The molecule has 0 spiro atoms. The van der Waals surface area contributed by atoms with Crippen LogP contribution < -0.4 is 63.1 Å². The number of aromatic nitrogens is 10. The zero-order valence-corrected chi connectivity index (χ0v) is 69.7. The number of para-hydroxylation sites is 3. The second-order valence-electron chi connectivity index (χ2n) is 25.5. The van der Waals surface area contributed by atoms with Crippen LogP contribution in [0.25, 0.3) is 108 Å². The fourth-order valence-corrected chi connectivity index (χ4v) is 14.2. The van der Waals surface area contributed by atoms with E-state index in [1.54, 1.807) is 66.6 Å². The predicted octanol–water partition coefficient (Wildman–Crippen LogP) is 22.4. The summed E-state index contributed by atoms with van der Waals surface area (Å²) in [6.45, 7) is 0. The van der Waals surface area contributed by atoms with E-state index in [2.05, 4.69) is 62.0 Å². The molecule has 10 aromatic heterocycles. The van der Waals surface area contributed by atoms with Crippen molar-refractivity contribution in [2.45, 2.75) is 0 Å². The Morgan fingerprint density at radius 2 is 0.820 bits per heavy atom. The van der Waals surface area contributed by atoms with Crippen molar-refractivity contribution < 1.29 is 13.2 Å². The van der Waals surface area contributed by atoms with Gasteiger partial charge in [-0.15, -0.1) is 11.3 Å². The number of nitrogens with zero attached hydrogens (tertiary/aromatic N) is 10. The maximum atomic E-state index is 12.6. The summed E-state index contributed by atoms with van der Waals surface area (Å²) in [5.41, 5.74) is 83.5. The molecule has 0 aliphatic rings. The van der Waals surface area contributed by atoms with Crippen LogP contribution in [-0.2, 0) is 0 Å². The standard InChI is InChI=1S/C12H11N.3C11H10N2.C7H5ClN2S.C7H5FN2S.2C7H6N2O.2C7H6N2S.C5H5ClN2/c13-12-8-6-11(7-9-12)10-4-2-1-3-5-10;12-11-5-1-3-9(7-11)10-4-2-6-13-8-10;12-10-5-3-4-9(8-10)11-6-1-2-7-13-11;12-11-3-1-2-10(8-11)9-4-6-13-7-5-9;2*8-4-1-2-5-6(3-4)11-7(9)10-5;8-5-1-2-6-7(3-5)10-4-9-6;8-7-9-5-3-1-2-4-6(5)10-7;8-5-1-2-6-7(3-5)10-4-9-6;8-7-9-5-3-1-2-4-6(5)10-7;6-4-1-5(7)3-8-2-4/h1-9H,13H2;3*1-8H,12H2;2*1-3H,(H2,9,10);1-4H,8H2;1-4H,(H2,8,9);1-4H,8H2;1-4H,(H2,8,9);1-3H,7H2. The molecule has 0 radical (unpaired) electrons. The van der Waals surface area contributed by atoms with Crippen LogP contribution in [0.1, 0.15) is 0 Å². The number of nitrogens with two attached hydrogens (primary N) is 11. The zero-order chi connectivity index (χ0) is 86.0. The Kier molecular flexibility index (Phi) is 32.3. The van der Waals surface area contributed by atoms with Crippen LogP contribution in [0.2, 0.25) is 10.0 Å². The van der Waals surface area contributed by atoms with Crippen molar-refractivity contribution >= 4 is 193 Å². The second kappa shape index (κ2) is 45.0. The van der Waals surface area contributed by atoms with Crippen LogP contribution >= 0.6 is 68.5 Å². The Hall–Kier alpha value is -15.2. The first-order valence-electron chi connectivity index (χ1n) is 36.8. The van der Waals surface area contributed by atoms with Gasteiger partial charge in [0.2, 0.25) is 0 Å². The topological polar surface area (TPSA) is 441 Å². The predicted molar refractivity (Wildman–Crippen MR) is 510 cm³/mol. The van der Waals surface area contributed by atoms with Crippen molar-refractivity contribution in [2.75, 3.05) is 63.1 Å². The van der Waals surface area contributed by atoms with Gasteiger partial charge in [0.15, 0.2) is 33.0 Å². The normalized spacial score (nSPS) is 10.1. The number of nitrogen functional groups attached to an aromatic ring is 11. The van der Waals surface area contributed by atoms with Crippen LogP contribution in [0.5, 0.6) is 0 Å². The molecule has 21 rings (SSSR count). The molecule has 610 valence electrons. The fraction of sp³-hybridized carbons (Fsp3) is 0. The van der Waals surface area contributed by atoms with Crippen molar-refractivity contribution in [2.24, 2.45) is 0 Å². The van der Waals surface area contributed by atoms with Crippen molar-refractivity contribution in [3.63, 3.8) is 0 Å². The number of fused-ring (bicyclic) bond motifs is 6. The molecule has 22 N–H and O–H groups in total. The van der Waals surface area contributed by atoms with Crippen molar-refractivity contribution in [3.8, 4) is 44.6 Å². The summed E-state index contributed by atoms with van der Waals surface area (Å²) in [6.07, 6.45) is 13.4. The summed E-state index contributed by atoms with van der Waals surface area (Å²) < 4.78 is 26.8. The first kappa shape index (κ1) is 87.7. The minimum atomic E-state index is -0.249. The monoisotopic (exact) mass is 1730 g/mol. The number of benzene rings is 11. The molecule has 0 fully saturated rings. The number of hydrogen-bond acceptors (Lipinski definition) is 27. The van der Waals surface area contributed by atoms with E-state index in [0.717, 1.165) is 130 Å². The van der Waals surface area contributed by atoms with Crippen molar-refractivity contribution in [1.29, 1.82) is 0 Å². The Bertz CT molecular complexity index is 6270. The largest absolute Gasteiger partial charge is 0.443 e. The summed E-state index contributed by atoms with van der Waals surface area (Å²) in [6, 6.07) is 93.5. The zero-order valence-electron chi connectivity index (χ0n) is 64.9. The van der Waals surface area contributed by atoms with Crippen LogP contribution in [0.15, 0.2) is 361 Å². The van der Waals surface area contributed by atoms with Crippen LogP contribution in [0, 0.1) is 5.82 Å². The van der Waals surface area contributed by atoms with E-state index >= 15 is 0 Å². The summed E-state index contributed by atoms with van der Waals surface area (Å²) in [4.78, 5) is 40.1. The van der Waals surface area contributed by atoms with Gasteiger partial charge in [-0.2, -0.15) is 4.98 Å². The van der Waals surface area contributed by atoms with Gasteiger partial charge < -0.3 is 71.9 Å². The van der Waals surface area contributed by atoms with Gasteiger partial charge in [0.1, 0.15) is 16.9 Å². The van der Waals surface area contributed by atoms with Gasteiger partial charge in [0, 0.05) is 99.7 Å². The lowest BCUT2D eigenvalue weighted by Gasteiger charge is -2.01. The molecule has 0 unspecified atom stereocenters. The molecule has 0 saturated heterocycles. The molecule has 30 heteroatoms. The van der Waals surface area contributed by atoms with Crippen LogP contribution in [0.3, 0.4) is 0 Å². The molecular formula is C92H80Cl2FN21O2S4. The highest BCUT2D eigenvalue weighted by Gasteiger charge is 2.06. The highest BCUT2D eigenvalue weighted by Crippen LogP contribution is 2.30. The Morgan fingerprint density at radius 1 is 0.287 bits per heavy atom. The number of oxazole rings is 2. The third kappa shape index (κ3) is 28.0. The summed E-state index contributed by atoms with van der Waals surface area (Å²) in [5.74, 6) is -0.249. The molecule has 10 heterocycles. The lowest BCUT2D eigenvalue weighted by Crippen LogP contribution is -1.86. The summed E-state index contributed by atoms with van der Waals surface area (Å²) in [7, 11) is 0. The van der Waals surface area contributed by atoms with Gasteiger partial charge >= 0.3 is 0 Å². The summed E-state index contributed by atoms with van der Waals surface area (Å²) >= 11 is 17.1. The van der Waals surface area contributed by atoms with Crippen molar-refractivity contribution in [3.05, 3.63) is 368 Å². The van der Waals surface area contributed by atoms with Crippen LogP contribution in [-0.4, -0.2) is 49.8 Å². The molecule has 23 nitrogen and oxygen atoms in total. The average molecular weight is 1730 g/mol. The molecule has 0 saturated carbocycles. The van der Waals surface area contributed by atoms with Gasteiger partial charge in [0.25, 0.3) is 6.01 Å². The average Bonchev–Trinajstić information content (AvgIpc) is 1.84. The first-order chi connectivity index (χ1) is 59.2. The van der Waals surface area contributed by atoms with E-state index in [9.17, 15) is 4.39 Å². The number of halogens is 3. The Balaban J connectivity index is 0.000000131. The first-order valence-corrected chi connectivity index (χ1v) is 40.9. The summed E-state index contributed by atoms with van der Waals surface area (Å²) in [5, 5.41) is 3.00. The smallest absolute Gasteiger partial charge is 0.292 e. The minimum Gasteiger partial charge on any atom is -0.443 e. The Morgan fingerprint density at radius 3 is 1.44 bits per heavy atom. The number of anilines is 11. The lowest BCUT2D eigenvalue weighted by molar-refractivity contribution is 0.602. The molecule has 122 heavy (non-hydrogen) atoms. The van der Waals surface area contributed by atoms with E-state index in [1.807, 2.05) is 260 Å². The molecular weight excluding hydrogens is 1650 g/mol. The lowest BCUT2D eigenvalue weighted by atomic mass is 10.1. The minimum absolute atomic E-state index is 0.223. The Labute approximate surface area is 726 Å². The van der Waals surface area contributed by atoms with E-state index in [-0.39, 0.29) is 11.8 Å². The van der Waals surface area contributed by atoms with Gasteiger partial charge in [0.05, 0.1) is 62.8 Å². The van der Waals surface area contributed by atoms with Crippen molar-refractivity contribution in [1.82, 2.24) is 49.8 Å². The molecule has 0 amide bonds. The van der Waals surface area contributed by atoms with E-state index in [0.29, 0.717) is 31.8 Å². The number of rotatable bonds is 4. The van der Waals surface area contributed by atoms with E-state index in [4.69, 9.17) is 95.1 Å². The number of hydrogen-bond donors (Lipinski definition) is 11. The third-order valence-corrected chi connectivity index (χ3v) is 20.2. The van der Waals surface area contributed by atoms with Crippen LogP contribution in [0.4, 0.5) is 65.6 Å². The highest BCUT2D eigenvalue weighted by molar-refractivity contribution is 7.22. The fourth-order valence-electron chi connectivity index (χ4n) is 10.8. The van der Waals surface area contributed by atoms with Gasteiger partial charge in [-0.1, -0.05) is 172 Å². The van der Waals surface area contributed by atoms with E-state index in [1.165, 1.54) is 69.9 Å². The molecule has 11 aromatic carbocycles. The maximum Gasteiger partial charge on any atom is 0.292 e. The second-order valence-corrected chi connectivity index (χ2v) is 30.5. The maximum absolute atomic E-state index is 12.6.